The average Bonchev–Trinajstić information content (AvgIpc) is 2.71. The third kappa shape index (κ3) is 4.99. The highest BCUT2D eigenvalue weighted by molar-refractivity contribution is 7.07. The Morgan fingerprint density at radius 1 is 1.18 bits per heavy atom. The lowest BCUT2D eigenvalue weighted by Gasteiger charge is -2.27. The molecule has 0 aliphatic heterocycles. The van der Waals surface area contributed by atoms with Crippen molar-refractivity contribution in [2.45, 2.75) is 64.8 Å². The van der Waals surface area contributed by atoms with Gasteiger partial charge in [-0.05, 0) is 0 Å². The van der Waals surface area contributed by atoms with E-state index in [1.165, 1.54) is 42.8 Å². The predicted octanol–water partition coefficient (Wildman–Crippen LogP) is 1.25. The lowest BCUT2D eigenvalue weighted by atomic mass is 10.4. The van der Waals surface area contributed by atoms with Gasteiger partial charge in [0.15, 0.2) is 5.69 Å². The summed E-state index contributed by atoms with van der Waals surface area (Å²) in [4.78, 5) is 0. The standard InChI is InChI=1S/C13H26NSSi.HI/c1-5-16(6-2,7-3)10-8-9-14-12-15-11-13(14)4;/h11-12H,5-10H2,1-4H3;1H/q+1;/p-1. The van der Waals surface area contributed by atoms with Crippen LogP contribution in [0.2, 0.25) is 24.2 Å². The van der Waals surface area contributed by atoms with Crippen molar-refractivity contribution in [1.82, 2.24) is 0 Å². The molecule has 0 bridgehead atoms. The number of aromatic nitrogens is 1. The summed E-state index contributed by atoms with van der Waals surface area (Å²) in [5.41, 5.74) is 3.67. The maximum atomic E-state index is 2.41. The van der Waals surface area contributed by atoms with Crippen LogP contribution in [0.3, 0.4) is 0 Å². The van der Waals surface area contributed by atoms with E-state index in [-0.39, 0.29) is 24.0 Å². The minimum Gasteiger partial charge on any atom is -1.00 e. The molecule has 0 fully saturated rings. The van der Waals surface area contributed by atoms with Crippen LogP contribution in [0.1, 0.15) is 32.9 Å². The summed E-state index contributed by atoms with van der Waals surface area (Å²) in [6.45, 7) is 10.7. The molecule has 0 amide bonds. The molecular weight excluding hydrogens is 357 g/mol. The van der Waals surface area contributed by atoms with Crippen LogP contribution in [0, 0.1) is 6.92 Å². The highest BCUT2D eigenvalue weighted by atomic mass is 127. The van der Waals surface area contributed by atoms with E-state index in [0.717, 1.165) is 0 Å². The van der Waals surface area contributed by atoms with Gasteiger partial charge in [0, 0.05) is 13.3 Å². The van der Waals surface area contributed by atoms with Gasteiger partial charge in [0.2, 0.25) is 5.51 Å². The molecule has 1 heterocycles. The molecule has 1 nitrogen and oxygen atoms in total. The molecule has 0 saturated carbocycles. The summed E-state index contributed by atoms with van der Waals surface area (Å²) in [6.07, 6.45) is 1.38. The van der Waals surface area contributed by atoms with Crippen molar-refractivity contribution in [3.05, 3.63) is 16.6 Å². The van der Waals surface area contributed by atoms with E-state index in [1.807, 2.05) is 11.3 Å². The number of rotatable bonds is 7. The number of halogens is 1. The lowest BCUT2D eigenvalue weighted by molar-refractivity contribution is -0.698. The Morgan fingerprint density at radius 3 is 2.18 bits per heavy atom. The Kier molecular flexibility index (Phi) is 8.93. The zero-order chi connectivity index (χ0) is 12.0. The Hall–Kier alpha value is 0.577. The van der Waals surface area contributed by atoms with Crippen molar-refractivity contribution < 1.29 is 28.5 Å². The second-order valence-electron chi connectivity index (χ2n) is 4.86. The zero-order valence-corrected chi connectivity index (χ0v) is 15.6. The maximum Gasteiger partial charge on any atom is 0.224 e. The first-order valence-electron chi connectivity index (χ1n) is 6.59. The predicted molar refractivity (Wildman–Crippen MR) is 75.9 cm³/mol. The van der Waals surface area contributed by atoms with Gasteiger partial charge in [-0.1, -0.05) is 56.3 Å². The van der Waals surface area contributed by atoms with Crippen molar-refractivity contribution in [2.24, 2.45) is 0 Å². The minimum atomic E-state index is -0.878. The Balaban J connectivity index is 0.00000256. The summed E-state index contributed by atoms with van der Waals surface area (Å²) < 4.78 is 2.41. The van der Waals surface area contributed by atoms with Gasteiger partial charge >= 0.3 is 0 Å². The van der Waals surface area contributed by atoms with Crippen LogP contribution in [-0.4, -0.2) is 8.07 Å². The normalized spacial score (nSPS) is 11.3. The van der Waals surface area contributed by atoms with E-state index in [9.17, 15) is 0 Å². The molecular formula is C13H26INSSi. The van der Waals surface area contributed by atoms with Gasteiger partial charge in [-0.2, -0.15) is 4.57 Å². The molecule has 0 unspecified atom stereocenters. The van der Waals surface area contributed by atoms with Crippen molar-refractivity contribution in [3.63, 3.8) is 0 Å². The fraction of sp³-hybridized carbons (Fsp3) is 0.769. The number of nitrogens with zero attached hydrogens (tertiary/aromatic N) is 1. The number of hydrogen-bond donors (Lipinski definition) is 0. The molecule has 100 valence electrons. The van der Waals surface area contributed by atoms with Gasteiger partial charge in [0.1, 0.15) is 6.54 Å². The first kappa shape index (κ1) is 17.6. The second kappa shape index (κ2) is 8.64. The van der Waals surface area contributed by atoms with E-state index in [0.29, 0.717) is 0 Å². The summed E-state index contributed by atoms with van der Waals surface area (Å²) in [7, 11) is -0.878. The first-order valence-corrected chi connectivity index (χ1v) is 10.4. The molecule has 0 N–H and O–H groups in total. The van der Waals surface area contributed by atoms with Crippen molar-refractivity contribution in [3.8, 4) is 0 Å². The SMILES string of the molecule is CC[Si](CC)(CC)CCC[n+]1cscc1C.[I-]. The third-order valence-electron chi connectivity index (χ3n) is 4.24. The molecule has 0 spiro atoms. The number of thiazole rings is 1. The Bertz CT molecular complexity index is 302. The average molecular weight is 383 g/mol. The lowest BCUT2D eigenvalue weighted by Crippen LogP contribution is -3.00. The van der Waals surface area contributed by atoms with Crippen LogP contribution in [0.25, 0.3) is 0 Å². The quantitative estimate of drug-likeness (QED) is 0.379. The number of aryl methyl sites for hydroxylation is 2. The monoisotopic (exact) mass is 383 g/mol. The van der Waals surface area contributed by atoms with Crippen LogP contribution in [-0.2, 0) is 6.54 Å². The summed E-state index contributed by atoms with van der Waals surface area (Å²) >= 11 is 1.82. The van der Waals surface area contributed by atoms with Gasteiger partial charge in [-0.3, -0.25) is 0 Å². The highest BCUT2D eigenvalue weighted by Gasteiger charge is 2.26. The van der Waals surface area contributed by atoms with E-state index < -0.39 is 8.07 Å². The zero-order valence-electron chi connectivity index (χ0n) is 11.6. The van der Waals surface area contributed by atoms with Crippen LogP contribution in [0.4, 0.5) is 0 Å². The van der Waals surface area contributed by atoms with Gasteiger partial charge in [-0.15, -0.1) is 0 Å². The molecule has 0 aromatic carbocycles. The summed E-state index contributed by atoms with van der Waals surface area (Å²) in [5, 5.41) is 2.24. The molecule has 0 atom stereocenters. The molecule has 1 aromatic rings. The fourth-order valence-electron chi connectivity index (χ4n) is 2.49. The van der Waals surface area contributed by atoms with Gasteiger partial charge in [0.25, 0.3) is 0 Å². The molecule has 0 radical (unpaired) electrons. The van der Waals surface area contributed by atoms with Gasteiger partial charge < -0.3 is 24.0 Å². The Morgan fingerprint density at radius 2 is 1.76 bits per heavy atom. The van der Waals surface area contributed by atoms with Crippen LogP contribution in [0.15, 0.2) is 10.9 Å². The van der Waals surface area contributed by atoms with E-state index >= 15 is 0 Å². The summed E-state index contributed by atoms with van der Waals surface area (Å²) in [6, 6.07) is 5.91. The molecule has 1 aromatic heterocycles. The van der Waals surface area contributed by atoms with Crippen molar-refractivity contribution in [2.75, 3.05) is 0 Å². The number of hydrogen-bond acceptors (Lipinski definition) is 1. The van der Waals surface area contributed by atoms with E-state index in [1.54, 1.807) is 0 Å². The van der Waals surface area contributed by atoms with Crippen molar-refractivity contribution >= 4 is 19.4 Å². The van der Waals surface area contributed by atoms with Crippen LogP contribution in [0.5, 0.6) is 0 Å². The van der Waals surface area contributed by atoms with E-state index in [4.69, 9.17) is 0 Å². The molecule has 4 heteroatoms. The van der Waals surface area contributed by atoms with Gasteiger partial charge in [-0.25, -0.2) is 0 Å². The Labute approximate surface area is 129 Å². The fourth-order valence-corrected chi connectivity index (χ4v) is 6.77. The molecule has 1 rings (SSSR count). The topological polar surface area (TPSA) is 3.88 Å². The molecule has 17 heavy (non-hydrogen) atoms. The van der Waals surface area contributed by atoms with Crippen LogP contribution >= 0.6 is 11.3 Å². The molecule has 0 saturated heterocycles. The van der Waals surface area contributed by atoms with E-state index in [2.05, 4.69) is 43.2 Å². The highest BCUT2D eigenvalue weighted by Crippen LogP contribution is 2.26. The third-order valence-corrected chi connectivity index (χ3v) is 11.0. The summed E-state index contributed by atoms with van der Waals surface area (Å²) in [5.74, 6) is 0. The van der Waals surface area contributed by atoms with Crippen molar-refractivity contribution in [1.29, 1.82) is 0 Å². The smallest absolute Gasteiger partial charge is 0.224 e. The van der Waals surface area contributed by atoms with Crippen LogP contribution < -0.4 is 28.5 Å². The first-order chi connectivity index (χ1) is 7.67. The second-order valence-corrected chi connectivity index (χ2v) is 11.2. The largest absolute Gasteiger partial charge is 1.00 e. The molecule has 0 aliphatic carbocycles. The van der Waals surface area contributed by atoms with Gasteiger partial charge in [0.05, 0.1) is 13.5 Å². The maximum absolute atomic E-state index is 2.41. The minimum absolute atomic E-state index is 0. The molecule has 0 aliphatic rings.